The van der Waals surface area contributed by atoms with Crippen LogP contribution in [0.3, 0.4) is 0 Å². The van der Waals surface area contributed by atoms with Gasteiger partial charge >= 0.3 is 0 Å². The molecule has 0 aliphatic carbocycles. The van der Waals surface area contributed by atoms with E-state index in [0.29, 0.717) is 16.8 Å². The van der Waals surface area contributed by atoms with Crippen molar-refractivity contribution in [2.24, 2.45) is 10.2 Å². The molecule has 0 saturated carbocycles. The molecule has 2 aromatic heterocycles. The van der Waals surface area contributed by atoms with Crippen LogP contribution >= 0.6 is 11.3 Å². The molecule has 5 nitrogen and oxygen atoms in total. The van der Waals surface area contributed by atoms with E-state index in [2.05, 4.69) is 41.0 Å². The van der Waals surface area contributed by atoms with Crippen molar-refractivity contribution in [3.63, 3.8) is 0 Å². The monoisotopic (exact) mass is 299 g/mol. The molecule has 6 heteroatoms. The Morgan fingerprint density at radius 2 is 1.86 bits per heavy atom. The van der Waals surface area contributed by atoms with Crippen molar-refractivity contribution >= 4 is 38.9 Å². The van der Waals surface area contributed by atoms with Crippen molar-refractivity contribution in [2.45, 2.75) is 26.2 Å². The number of azo groups is 1. The average molecular weight is 299 g/mol. The normalized spacial score (nSPS) is 12.5. The zero-order chi connectivity index (χ0) is 15.0. The summed E-state index contributed by atoms with van der Waals surface area (Å²) in [5, 5.41) is 13.1. The molecule has 0 saturated heterocycles. The van der Waals surface area contributed by atoms with E-state index in [1.54, 1.807) is 0 Å². The fourth-order valence-electron chi connectivity index (χ4n) is 2.01. The first-order valence-electron chi connectivity index (χ1n) is 6.69. The quantitative estimate of drug-likeness (QED) is 0.659. The predicted molar refractivity (Wildman–Crippen MR) is 87.7 cm³/mol. The molecule has 0 bridgehead atoms. The summed E-state index contributed by atoms with van der Waals surface area (Å²) in [6.45, 7) is 6.38. The molecular weight excluding hydrogens is 282 g/mol. The van der Waals surface area contributed by atoms with Crippen LogP contribution in [0.4, 0.5) is 16.8 Å². The Bertz CT molecular complexity index is 807. The SMILES string of the molecule is CC(C)(C)c1csc(/N=N/c2[nH]c(N)c3ccccc23)n1. The van der Waals surface area contributed by atoms with Gasteiger partial charge in [0.25, 0.3) is 0 Å². The van der Waals surface area contributed by atoms with E-state index in [0.717, 1.165) is 16.5 Å². The van der Waals surface area contributed by atoms with Crippen molar-refractivity contribution < 1.29 is 0 Å². The molecule has 21 heavy (non-hydrogen) atoms. The van der Waals surface area contributed by atoms with Gasteiger partial charge in [0, 0.05) is 21.6 Å². The van der Waals surface area contributed by atoms with Gasteiger partial charge in [-0.1, -0.05) is 45.0 Å². The summed E-state index contributed by atoms with van der Waals surface area (Å²) in [7, 11) is 0. The van der Waals surface area contributed by atoms with Crippen molar-refractivity contribution in [1.82, 2.24) is 9.97 Å². The number of anilines is 1. The van der Waals surface area contributed by atoms with E-state index in [4.69, 9.17) is 5.73 Å². The highest BCUT2D eigenvalue weighted by molar-refractivity contribution is 7.13. The molecule has 3 rings (SSSR count). The van der Waals surface area contributed by atoms with Gasteiger partial charge in [-0.3, -0.25) is 0 Å². The van der Waals surface area contributed by atoms with Crippen LogP contribution in [0.5, 0.6) is 0 Å². The molecule has 0 unspecified atom stereocenters. The number of nitrogens with two attached hydrogens (primary N) is 1. The molecule has 1 aromatic carbocycles. The molecule has 0 radical (unpaired) electrons. The molecule has 2 heterocycles. The lowest BCUT2D eigenvalue weighted by Crippen LogP contribution is -2.10. The van der Waals surface area contributed by atoms with Crippen LogP contribution in [0.25, 0.3) is 10.8 Å². The zero-order valence-corrected chi connectivity index (χ0v) is 13.0. The fraction of sp³-hybridized carbons (Fsp3) is 0.267. The summed E-state index contributed by atoms with van der Waals surface area (Å²) in [6, 6.07) is 7.83. The lowest BCUT2D eigenvalue weighted by Gasteiger charge is -2.13. The Morgan fingerprint density at radius 3 is 2.52 bits per heavy atom. The number of hydrogen-bond donors (Lipinski definition) is 2. The maximum atomic E-state index is 5.94. The fourth-order valence-corrected chi connectivity index (χ4v) is 2.88. The van der Waals surface area contributed by atoms with Crippen molar-refractivity contribution in [2.75, 3.05) is 5.73 Å². The summed E-state index contributed by atoms with van der Waals surface area (Å²) in [5.41, 5.74) is 6.98. The van der Waals surface area contributed by atoms with E-state index in [9.17, 15) is 0 Å². The van der Waals surface area contributed by atoms with Gasteiger partial charge < -0.3 is 10.7 Å². The van der Waals surface area contributed by atoms with Crippen LogP contribution in [0.15, 0.2) is 39.9 Å². The minimum atomic E-state index is 0.0217. The molecule has 108 valence electrons. The number of aromatic amines is 1. The van der Waals surface area contributed by atoms with Crippen LogP contribution in [-0.4, -0.2) is 9.97 Å². The van der Waals surface area contributed by atoms with E-state index in [1.807, 2.05) is 29.6 Å². The second-order valence-electron chi connectivity index (χ2n) is 5.90. The Hall–Kier alpha value is -2.21. The van der Waals surface area contributed by atoms with Gasteiger partial charge in [-0.25, -0.2) is 4.98 Å². The number of aromatic nitrogens is 2. The molecular formula is C15H17N5S. The van der Waals surface area contributed by atoms with Crippen molar-refractivity contribution in [1.29, 1.82) is 0 Å². The van der Waals surface area contributed by atoms with Gasteiger partial charge in [0.05, 0.1) is 5.69 Å². The standard InChI is InChI=1S/C15H17N5S/c1-15(2,3)11-8-21-14(17-11)20-19-13-10-7-5-4-6-9(10)12(16)18-13/h4-8,18H,16H2,1-3H3/b20-19+. The number of rotatable bonds is 2. The van der Waals surface area contributed by atoms with Gasteiger partial charge in [-0.2, -0.15) is 0 Å². The van der Waals surface area contributed by atoms with E-state index < -0.39 is 0 Å². The average Bonchev–Trinajstić information content (AvgIpc) is 3.02. The molecule has 0 amide bonds. The van der Waals surface area contributed by atoms with Gasteiger partial charge in [0.1, 0.15) is 5.82 Å². The molecule has 0 aliphatic heterocycles. The number of nitrogens with one attached hydrogen (secondary N) is 1. The van der Waals surface area contributed by atoms with Crippen LogP contribution in [0.2, 0.25) is 0 Å². The second-order valence-corrected chi connectivity index (χ2v) is 6.73. The number of nitrogens with zero attached hydrogens (tertiary/aromatic N) is 3. The minimum absolute atomic E-state index is 0.0217. The number of nitrogen functional groups attached to an aromatic ring is 1. The van der Waals surface area contributed by atoms with E-state index >= 15 is 0 Å². The summed E-state index contributed by atoms with van der Waals surface area (Å²) >= 11 is 1.49. The Balaban J connectivity index is 1.93. The summed E-state index contributed by atoms with van der Waals surface area (Å²) in [4.78, 5) is 7.55. The number of fused-ring (bicyclic) bond motifs is 1. The van der Waals surface area contributed by atoms with Gasteiger partial charge in [0.15, 0.2) is 5.82 Å². The first kappa shape index (κ1) is 13.8. The molecule has 0 aliphatic rings. The highest BCUT2D eigenvalue weighted by Crippen LogP contribution is 2.33. The summed E-state index contributed by atoms with van der Waals surface area (Å²) < 4.78 is 0. The lowest BCUT2D eigenvalue weighted by molar-refractivity contribution is 0.573. The van der Waals surface area contributed by atoms with Crippen molar-refractivity contribution in [3.8, 4) is 0 Å². The highest BCUT2D eigenvalue weighted by Gasteiger charge is 2.17. The summed E-state index contributed by atoms with van der Waals surface area (Å²) in [6.07, 6.45) is 0. The van der Waals surface area contributed by atoms with E-state index in [1.165, 1.54) is 11.3 Å². The largest absolute Gasteiger partial charge is 0.385 e. The third-order valence-electron chi connectivity index (χ3n) is 3.22. The predicted octanol–water partition coefficient (Wildman–Crippen LogP) is 4.92. The third-order valence-corrected chi connectivity index (χ3v) is 3.95. The third kappa shape index (κ3) is 2.67. The number of thiazole rings is 1. The second kappa shape index (κ2) is 4.96. The van der Waals surface area contributed by atoms with Gasteiger partial charge in [-0.15, -0.1) is 21.6 Å². The lowest BCUT2D eigenvalue weighted by atomic mass is 9.93. The number of hydrogen-bond acceptors (Lipinski definition) is 5. The zero-order valence-electron chi connectivity index (χ0n) is 12.2. The molecule has 3 aromatic rings. The maximum absolute atomic E-state index is 5.94. The smallest absolute Gasteiger partial charge is 0.230 e. The molecule has 3 N–H and O–H groups in total. The first-order valence-corrected chi connectivity index (χ1v) is 7.57. The Labute approximate surface area is 126 Å². The maximum Gasteiger partial charge on any atom is 0.230 e. The van der Waals surface area contributed by atoms with Crippen LogP contribution in [0.1, 0.15) is 26.5 Å². The number of benzene rings is 1. The first-order chi connectivity index (χ1) is 9.95. The van der Waals surface area contributed by atoms with Crippen molar-refractivity contribution in [3.05, 3.63) is 35.3 Å². The van der Waals surface area contributed by atoms with Gasteiger partial charge in [0.2, 0.25) is 5.13 Å². The topological polar surface area (TPSA) is 79.4 Å². The highest BCUT2D eigenvalue weighted by atomic mass is 32.1. The molecule has 0 atom stereocenters. The van der Waals surface area contributed by atoms with Crippen LogP contribution < -0.4 is 5.73 Å². The molecule has 0 fully saturated rings. The van der Waals surface area contributed by atoms with Crippen LogP contribution in [-0.2, 0) is 5.41 Å². The van der Waals surface area contributed by atoms with Crippen LogP contribution in [0, 0.1) is 0 Å². The summed E-state index contributed by atoms with van der Waals surface area (Å²) in [5.74, 6) is 1.27. The molecule has 0 spiro atoms. The Kier molecular flexibility index (Phi) is 3.25. The van der Waals surface area contributed by atoms with E-state index in [-0.39, 0.29) is 5.41 Å². The number of H-pyrrole nitrogens is 1. The Morgan fingerprint density at radius 1 is 1.14 bits per heavy atom. The minimum Gasteiger partial charge on any atom is -0.385 e. The van der Waals surface area contributed by atoms with Gasteiger partial charge in [-0.05, 0) is 0 Å².